The number of benzene rings is 1. The lowest BCUT2D eigenvalue weighted by molar-refractivity contribution is 0.382. The molecule has 26 heavy (non-hydrogen) atoms. The van der Waals surface area contributed by atoms with Crippen LogP contribution >= 0.6 is 0 Å². The summed E-state index contributed by atoms with van der Waals surface area (Å²) in [4.78, 5) is 6.42. The van der Waals surface area contributed by atoms with Crippen LogP contribution in [0.3, 0.4) is 0 Å². The monoisotopic (exact) mass is 360 g/mol. The molecule has 2 rings (SSSR count). The summed E-state index contributed by atoms with van der Waals surface area (Å²) >= 11 is 0. The summed E-state index contributed by atoms with van der Waals surface area (Å²) in [5, 5.41) is 7.37. The Hall–Kier alpha value is -2.70. The van der Waals surface area contributed by atoms with Gasteiger partial charge in [0.1, 0.15) is 17.3 Å². The van der Waals surface area contributed by atoms with Crippen molar-refractivity contribution in [2.24, 2.45) is 4.99 Å². The second kappa shape index (κ2) is 9.12. The SMILES string of the molecule is CN=C(NCCc1c(C)noc1C)N(C)Cc1ccc(OC)cc1OC. The molecule has 1 aromatic carbocycles. The molecule has 0 unspecified atom stereocenters. The first kappa shape index (κ1) is 19.6. The third-order valence-electron chi connectivity index (χ3n) is 4.31. The van der Waals surface area contributed by atoms with E-state index in [1.165, 1.54) is 0 Å². The van der Waals surface area contributed by atoms with Crippen molar-refractivity contribution < 1.29 is 14.0 Å². The molecule has 0 saturated heterocycles. The molecule has 0 radical (unpaired) electrons. The van der Waals surface area contributed by atoms with E-state index in [9.17, 15) is 0 Å². The third-order valence-corrected chi connectivity index (χ3v) is 4.31. The highest BCUT2D eigenvalue weighted by Gasteiger charge is 2.12. The zero-order valence-electron chi connectivity index (χ0n) is 16.4. The zero-order valence-corrected chi connectivity index (χ0v) is 16.4. The number of nitrogens with one attached hydrogen (secondary N) is 1. The molecule has 0 atom stereocenters. The van der Waals surface area contributed by atoms with E-state index in [0.29, 0.717) is 6.54 Å². The number of rotatable bonds is 7. The molecule has 0 amide bonds. The summed E-state index contributed by atoms with van der Waals surface area (Å²) in [5.74, 6) is 3.25. The predicted molar refractivity (Wildman–Crippen MR) is 102 cm³/mol. The molecular formula is C19H28N4O3. The van der Waals surface area contributed by atoms with Crippen LogP contribution in [-0.4, -0.2) is 50.9 Å². The first-order chi connectivity index (χ1) is 12.5. The molecule has 2 aromatic rings. The van der Waals surface area contributed by atoms with E-state index in [1.54, 1.807) is 21.3 Å². The molecule has 1 N–H and O–H groups in total. The van der Waals surface area contributed by atoms with Gasteiger partial charge in [0.2, 0.25) is 0 Å². The standard InChI is InChI=1S/C19H28N4O3/c1-13-17(14(2)26-22-13)9-10-21-19(20-3)23(4)12-15-7-8-16(24-5)11-18(15)25-6/h7-8,11H,9-10,12H2,1-6H3,(H,20,21). The number of aliphatic imine (C=N–C) groups is 1. The maximum absolute atomic E-state index is 5.47. The van der Waals surface area contributed by atoms with Crippen LogP contribution in [0.5, 0.6) is 11.5 Å². The van der Waals surface area contributed by atoms with Crippen LogP contribution in [0.4, 0.5) is 0 Å². The fraction of sp³-hybridized carbons (Fsp3) is 0.474. The van der Waals surface area contributed by atoms with Crippen molar-refractivity contribution in [3.8, 4) is 11.5 Å². The van der Waals surface area contributed by atoms with E-state index >= 15 is 0 Å². The average Bonchev–Trinajstić information content (AvgIpc) is 2.97. The van der Waals surface area contributed by atoms with E-state index < -0.39 is 0 Å². The number of hydrogen-bond donors (Lipinski definition) is 1. The van der Waals surface area contributed by atoms with Gasteiger partial charge >= 0.3 is 0 Å². The summed E-state index contributed by atoms with van der Waals surface area (Å²) < 4.78 is 15.9. The van der Waals surface area contributed by atoms with Crippen LogP contribution in [0.1, 0.15) is 22.6 Å². The Labute approximate surface area is 155 Å². The Kier molecular flexibility index (Phi) is 6.89. The zero-order chi connectivity index (χ0) is 19.1. The molecule has 1 aromatic heterocycles. The molecule has 142 valence electrons. The number of guanidine groups is 1. The van der Waals surface area contributed by atoms with Crippen molar-refractivity contribution >= 4 is 5.96 Å². The molecule has 0 bridgehead atoms. The van der Waals surface area contributed by atoms with Gasteiger partial charge in [0, 0.05) is 44.4 Å². The lowest BCUT2D eigenvalue weighted by Gasteiger charge is -2.23. The summed E-state index contributed by atoms with van der Waals surface area (Å²) in [6, 6.07) is 5.82. The van der Waals surface area contributed by atoms with Crippen molar-refractivity contribution in [2.45, 2.75) is 26.8 Å². The lowest BCUT2D eigenvalue weighted by atomic mass is 10.1. The minimum absolute atomic E-state index is 0.665. The third kappa shape index (κ3) is 4.68. The van der Waals surface area contributed by atoms with Gasteiger partial charge in [0.15, 0.2) is 5.96 Å². The highest BCUT2D eigenvalue weighted by Crippen LogP contribution is 2.25. The van der Waals surface area contributed by atoms with Gasteiger partial charge in [-0.15, -0.1) is 0 Å². The number of nitrogens with zero attached hydrogens (tertiary/aromatic N) is 3. The predicted octanol–water partition coefficient (Wildman–Crippen LogP) is 2.56. The number of methoxy groups -OCH3 is 2. The van der Waals surface area contributed by atoms with Gasteiger partial charge in [0.05, 0.1) is 19.9 Å². The van der Waals surface area contributed by atoms with Crippen molar-refractivity contribution in [1.82, 2.24) is 15.4 Å². The van der Waals surface area contributed by atoms with E-state index in [-0.39, 0.29) is 0 Å². The van der Waals surface area contributed by atoms with Gasteiger partial charge in [0.25, 0.3) is 0 Å². The summed E-state index contributed by atoms with van der Waals surface area (Å²) in [6.07, 6.45) is 0.833. The summed E-state index contributed by atoms with van der Waals surface area (Å²) in [6.45, 7) is 5.31. The molecule has 0 spiro atoms. The van der Waals surface area contributed by atoms with Crippen LogP contribution < -0.4 is 14.8 Å². The first-order valence-corrected chi connectivity index (χ1v) is 8.54. The van der Waals surface area contributed by atoms with Crippen LogP contribution in [0.2, 0.25) is 0 Å². The van der Waals surface area contributed by atoms with E-state index in [2.05, 4.69) is 20.4 Å². The molecule has 0 aliphatic carbocycles. The minimum atomic E-state index is 0.665. The van der Waals surface area contributed by atoms with E-state index in [4.69, 9.17) is 14.0 Å². The fourth-order valence-electron chi connectivity index (χ4n) is 2.86. The van der Waals surface area contributed by atoms with Gasteiger partial charge < -0.3 is 24.2 Å². The van der Waals surface area contributed by atoms with Crippen molar-refractivity contribution in [3.05, 3.63) is 40.8 Å². The van der Waals surface area contributed by atoms with Crippen molar-refractivity contribution in [3.63, 3.8) is 0 Å². The lowest BCUT2D eigenvalue weighted by Crippen LogP contribution is -2.39. The Morgan fingerprint density at radius 1 is 1.27 bits per heavy atom. The molecule has 7 heteroatoms. The molecule has 0 fully saturated rings. The van der Waals surface area contributed by atoms with E-state index in [0.717, 1.165) is 53.0 Å². The molecule has 1 heterocycles. The Balaban J connectivity index is 1.97. The number of ether oxygens (including phenoxy) is 2. The Morgan fingerprint density at radius 3 is 2.62 bits per heavy atom. The smallest absolute Gasteiger partial charge is 0.193 e. The number of hydrogen-bond acceptors (Lipinski definition) is 5. The normalized spacial score (nSPS) is 11.4. The van der Waals surface area contributed by atoms with Crippen LogP contribution in [-0.2, 0) is 13.0 Å². The van der Waals surface area contributed by atoms with Crippen molar-refractivity contribution in [1.29, 1.82) is 0 Å². The summed E-state index contributed by atoms with van der Waals surface area (Å²) in [5.41, 5.74) is 3.15. The average molecular weight is 360 g/mol. The first-order valence-electron chi connectivity index (χ1n) is 8.54. The van der Waals surface area contributed by atoms with Gasteiger partial charge in [-0.3, -0.25) is 4.99 Å². The Morgan fingerprint density at radius 2 is 2.04 bits per heavy atom. The maximum atomic E-state index is 5.47. The second-order valence-corrected chi connectivity index (χ2v) is 6.06. The second-order valence-electron chi connectivity index (χ2n) is 6.06. The summed E-state index contributed by atoms with van der Waals surface area (Å²) in [7, 11) is 7.08. The molecule has 7 nitrogen and oxygen atoms in total. The van der Waals surface area contributed by atoms with E-state index in [1.807, 2.05) is 39.1 Å². The number of aromatic nitrogens is 1. The molecular weight excluding hydrogens is 332 g/mol. The highest BCUT2D eigenvalue weighted by atomic mass is 16.5. The fourth-order valence-corrected chi connectivity index (χ4v) is 2.86. The van der Waals surface area contributed by atoms with Gasteiger partial charge in [-0.1, -0.05) is 5.16 Å². The molecule has 0 aliphatic heterocycles. The maximum Gasteiger partial charge on any atom is 0.193 e. The highest BCUT2D eigenvalue weighted by molar-refractivity contribution is 5.79. The largest absolute Gasteiger partial charge is 0.497 e. The van der Waals surface area contributed by atoms with Crippen LogP contribution in [0, 0.1) is 13.8 Å². The van der Waals surface area contributed by atoms with Gasteiger partial charge in [-0.25, -0.2) is 0 Å². The molecule has 0 saturated carbocycles. The van der Waals surface area contributed by atoms with Gasteiger partial charge in [-0.2, -0.15) is 0 Å². The quantitative estimate of drug-likeness (QED) is 0.604. The topological polar surface area (TPSA) is 72.1 Å². The van der Waals surface area contributed by atoms with Crippen molar-refractivity contribution in [2.75, 3.05) is 34.9 Å². The molecule has 0 aliphatic rings. The number of aryl methyl sites for hydroxylation is 2. The van der Waals surface area contributed by atoms with Crippen LogP contribution in [0.15, 0.2) is 27.7 Å². The van der Waals surface area contributed by atoms with Crippen LogP contribution in [0.25, 0.3) is 0 Å². The minimum Gasteiger partial charge on any atom is -0.497 e. The van der Waals surface area contributed by atoms with Gasteiger partial charge in [-0.05, 0) is 32.4 Å². The Bertz CT molecular complexity index is 736.